The molecule has 2 aromatic carbocycles. The van der Waals surface area contributed by atoms with Crippen LogP contribution < -0.4 is 10.6 Å². The van der Waals surface area contributed by atoms with Gasteiger partial charge in [-0.3, -0.25) is 9.59 Å². The summed E-state index contributed by atoms with van der Waals surface area (Å²) in [4.78, 5) is 24.2. The first-order chi connectivity index (χ1) is 16.0. The summed E-state index contributed by atoms with van der Waals surface area (Å²) in [5, 5.41) is 5.53. The number of nitrogens with zero attached hydrogens (tertiary/aromatic N) is 1. The number of hydrogen-bond acceptors (Lipinski definition) is 4. The van der Waals surface area contributed by atoms with Gasteiger partial charge in [-0.05, 0) is 42.7 Å². The molecule has 1 fully saturated rings. The van der Waals surface area contributed by atoms with E-state index in [4.69, 9.17) is 0 Å². The van der Waals surface area contributed by atoms with Crippen LogP contribution in [0.1, 0.15) is 30.9 Å². The average molecular weight is 498 g/mol. The molecule has 2 N–H and O–H groups in total. The van der Waals surface area contributed by atoms with Gasteiger partial charge >= 0.3 is 6.18 Å². The minimum atomic E-state index is -4.55. The number of amides is 2. The van der Waals surface area contributed by atoms with Gasteiger partial charge in [-0.2, -0.15) is 17.5 Å². The van der Waals surface area contributed by atoms with Gasteiger partial charge in [-0.1, -0.05) is 30.3 Å². The zero-order valence-corrected chi connectivity index (χ0v) is 19.3. The number of nitrogens with one attached hydrogen (secondary N) is 2. The monoisotopic (exact) mass is 497 g/mol. The Morgan fingerprint density at radius 3 is 2.15 bits per heavy atom. The summed E-state index contributed by atoms with van der Waals surface area (Å²) in [6.45, 7) is 1.55. The van der Waals surface area contributed by atoms with Crippen molar-refractivity contribution in [1.29, 1.82) is 0 Å². The fourth-order valence-electron chi connectivity index (χ4n) is 3.81. The van der Waals surface area contributed by atoms with Gasteiger partial charge in [0.05, 0.1) is 10.5 Å². The lowest BCUT2D eigenvalue weighted by atomic mass is 10.0. The van der Waals surface area contributed by atoms with Gasteiger partial charge in [0.15, 0.2) is 0 Å². The van der Waals surface area contributed by atoms with Crippen LogP contribution in [0.5, 0.6) is 0 Å². The summed E-state index contributed by atoms with van der Waals surface area (Å²) in [6, 6.07) is 11.6. The van der Waals surface area contributed by atoms with E-state index in [1.165, 1.54) is 11.2 Å². The highest BCUT2D eigenvalue weighted by Gasteiger charge is 2.33. The van der Waals surface area contributed by atoms with E-state index >= 15 is 0 Å². The van der Waals surface area contributed by atoms with Crippen molar-refractivity contribution in [2.24, 2.45) is 0 Å². The summed E-state index contributed by atoms with van der Waals surface area (Å²) in [6.07, 6.45) is -3.56. The fraction of sp³-hybridized carbons (Fsp3) is 0.391. The molecule has 0 spiro atoms. The lowest BCUT2D eigenvalue weighted by Crippen LogP contribution is -2.53. The molecule has 34 heavy (non-hydrogen) atoms. The molecule has 11 heteroatoms. The Hall–Kier alpha value is -2.92. The first kappa shape index (κ1) is 25.7. The maximum Gasteiger partial charge on any atom is 0.416 e. The number of alkyl halides is 3. The molecule has 1 heterocycles. The minimum absolute atomic E-state index is 0.109. The van der Waals surface area contributed by atoms with E-state index in [-0.39, 0.29) is 35.8 Å². The minimum Gasteiger partial charge on any atom is -0.351 e. The van der Waals surface area contributed by atoms with E-state index in [1.54, 1.807) is 0 Å². The van der Waals surface area contributed by atoms with Gasteiger partial charge in [-0.15, -0.1) is 0 Å². The molecule has 0 radical (unpaired) electrons. The third kappa shape index (κ3) is 6.57. The van der Waals surface area contributed by atoms with Crippen LogP contribution in [-0.4, -0.2) is 49.7 Å². The average Bonchev–Trinajstić information content (AvgIpc) is 2.79. The third-order valence-electron chi connectivity index (χ3n) is 5.60. The van der Waals surface area contributed by atoms with Crippen LogP contribution >= 0.6 is 0 Å². The Labute approximate surface area is 196 Å². The van der Waals surface area contributed by atoms with Crippen LogP contribution in [0.2, 0.25) is 0 Å². The van der Waals surface area contributed by atoms with Crippen LogP contribution in [0.4, 0.5) is 13.2 Å². The topological polar surface area (TPSA) is 95.6 Å². The van der Waals surface area contributed by atoms with Gasteiger partial charge in [-0.25, -0.2) is 8.42 Å². The van der Waals surface area contributed by atoms with Crippen LogP contribution in [0, 0.1) is 0 Å². The summed E-state index contributed by atoms with van der Waals surface area (Å²) >= 11 is 0. The normalized spacial score (nSPS) is 16.6. The van der Waals surface area contributed by atoms with E-state index in [2.05, 4.69) is 10.6 Å². The van der Waals surface area contributed by atoms with E-state index in [0.717, 1.165) is 29.8 Å². The molecule has 0 aromatic heterocycles. The van der Waals surface area contributed by atoms with Gasteiger partial charge in [0.2, 0.25) is 21.8 Å². The Bertz CT molecular complexity index is 1100. The van der Waals surface area contributed by atoms with Gasteiger partial charge < -0.3 is 10.6 Å². The number of piperidine rings is 1. The molecule has 1 saturated heterocycles. The maximum atomic E-state index is 12.8. The molecule has 184 valence electrons. The Balaban J connectivity index is 1.59. The molecule has 2 aromatic rings. The predicted octanol–water partition coefficient (Wildman–Crippen LogP) is 2.72. The Morgan fingerprint density at radius 2 is 1.62 bits per heavy atom. The molecular formula is C23H26F3N3O4S. The highest BCUT2D eigenvalue weighted by molar-refractivity contribution is 7.89. The Kier molecular flexibility index (Phi) is 7.98. The Morgan fingerprint density at radius 1 is 1.03 bits per heavy atom. The molecule has 0 saturated carbocycles. The lowest BCUT2D eigenvalue weighted by Gasteiger charge is -2.32. The van der Waals surface area contributed by atoms with Crippen molar-refractivity contribution >= 4 is 21.8 Å². The standard InChI is InChI=1S/C23H26F3N3O4S/c1-16(30)27-21(15-17-5-3-2-4-6-17)22(31)28-19-11-13-29(14-12-19)34(32,33)20-9-7-18(8-10-20)23(24,25)26/h2-10,19,21H,11-15H2,1H3,(H,27,30)(H,28,31)/t21-/m1/s1. The first-order valence-electron chi connectivity index (χ1n) is 10.8. The summed E-state index contributed by atoms with van der Waals surface area (Å²) in [7, 11) is -3.95. The first-order valence-corrected chi connectivity index (χ1v) is 12.2. The molecule has 1 aliphatic rings. The predicted molar refractivity (Wildman–Crippen MR) is 119 cm³/mol. The number of rotatable bonds is 7. The SMILES string of the molecule is CC(=O)N[C@H](Cc1ccccc1)C(=O)NC1CCN(S(=O)(=O)c2ccc(C(F)(F)F)cc2)CC1. The van der Waals surface area contributed by atoms with Gasteiger partial charge in [0.25, 0.3) is 0 Å². The van der Waals surface area contributed by atoms with Crippen LogP contribution in [-0.2, 0) is 32.2 Å². The molecule has 0 bridgehead atoms. The molecule has 0 unspecified atom stereocenters. The van der Waals surface area contributed by atoms with Crippen molar-refractivity contribution in [2.45, 2.75) is 49.3 Å². The summed E-state index contributed by atoms with van der Waals surface area (Å²) in [5.41, 5.74) is -0.0362. The molecule has 1 aliphatic heterocycles. The van der Waals surface area contributed by atoms with Crippen molar-refractivity contribution in [3.05, 3.63) is 65.7 Å². The highest BCUT2D eigenvalue weighted by atomic mass is 32.2. The van der Waals surface area contributed by atoms with Crippen molar-refractivity contribution in [3.8, 4) is 0 Å². The molecule has 3 rings (SSSR count). The van der Waals surface area contributed by atoms with Gasteiger partial charge in [0, 0.05) is 32.5 Å². The van der Waals surface area contributed by atoms with Crippen LogP contribution in [0.15, 0.2) is 59.5 Å². The third-order valence-corrected chi connectivity index (χ3v) is 7.51. The lowest BCUT2D eigenvalue weighted by molar-refractivity contribution is -0.137. The zero-order valence-electron chi connectivity index (χ0n) is 18.5. The molecule has 7 nitrogen and oxygen atoms in total. The summed E-state index contributed by atoms with van der Waals surface area (Å²) in [5.74, 6) is -0.698. The van der Waals surface area contributed by atoms with E-state index in [9.17, 15) is 31.2 Å². The van der Waals surface area contributed by atoms with Crippen molar-refractivity contribution < 1.29 is 31.2 Å². The second-order valence-corrected chi connectivity index (χ2v) is 10.1. The van der Waals surface area contributed by atoms with E-state index < -0.39 is 27.8 Å². The smallest absolute Gasteiger partial charge is 0.351 e. The number of sulfonamides is 1. The van der Waals surface area contributed by atoms with Crippen LogP contribution in [0.25, 0.3) is 0 Å². The van der Waals surface area contributed by atoms with Crippen LogP contribution in [0.3, 0.4) is 0 Å². The molecule has 1 atom stereocenters. The second kappa shape index (κ2) is 10.6. The number of carbonyl (C=O) groups is 2. The van der Waals surface area contributed by atoms with Crippen molar-refractivity contribution in [1.82, 2.24) is 14.9 Å². The maximum absolute atomic E-state index is 12.8. The quantitative estimate of drug-likeness (QED) is 0.615. The van der Waals surface area contributed by atoms with Crippen molar-refractivity contribution in [2.75, 3.05) is 13.1 Å². The fourth-order valence-corrected chi connectivity index (χ4v) is 5.28. The van der Waals surface area contributed by atoms with E-state index in [1.807, 2.05) is 30.3 Å². The second-order valence-electron chi connectivity index (χ2n) is 8.15. The largest absolute Gasteiger partial charge is 0.416 e. The summed E-state index contributed by atoms with van der Waals surface area (Å²) < 4.78 is 65.1. The number of hydrogen-bond donors (Lipinski definition) is 2. The van der Waals surface area contributed by atoms with Crippen molar-refractivity contribution in [3.63, 3.8) is 0 Å². The molecular weight excluding hydrogens is 471 g/mol. The molecule has 2 amide bonds. The number of halogens is 3. The van der Waals surface area contributed by atoms with E-state index in [0.29, 0.717) is 19.3 Å². The molecule has 0 aliphatic carbocycles. The zero-order chi connectivity index (χ0) is 24.9. The number of benzene rings is 2. The van der Waals surface area contributed by atoms with Gasteiger partial charge in [0.1, 0.15) is 6.04 Å². The number of carbonyl (C=O) groups excluding carboxylic acids is 2. The highest BCUT2D eigenvalue weighted by Crippen LogP contribution is 2.30.